The summed E-state index contributed by atoms with van der Waals surface area (Å²) in [4.78, 5) is 44.6. The predicted octanol–water partition coefficient (Wildman–Crippen LogP) is 2.54. The van der Waals surface area contributed by atoms with Gasteiger partial charge in [-0.3, -0.25) is 14.4 Å². The monoisotopic (exact) mass is 476 g/mol. The maximum Gasteiger partial charge on any atom is 0.311 e. The quantitative estimate of drug-likeness (QED) is 0.313. The third-order valence-corrected chi connectivity index (χ3v) is 9.28. The molecule has 2 amide bonds. The Labute approximate surface area is 200 Å². The maximum atomic E-state index is 13.9. The molecular formula is C25H36N2O5S. The molecule has 33 heavy (non-hydrogen) atoms. The number of amides is 2. The number of esters is 1. The molecule has 0 aromatic carbocycles. The van der Waals surface area contributed by atoms with Crippen LogP contribution < -0.4 is 0 Å². The minimum atomic E-state index is -0.777. The molecule has 0 aromatic heterocycles. The highest BCUT2D eigenvalue weighted by atomic mass is 32.2. The number of nitrogens with zero attached hydrogens (tertiary/aromatic N) is 2. The van der Waals surface area contributed by atoms with E-state index in [9.17, 15) is 14.4 Å². The van der Waals surface area contributed by atoms with E-state index in [4.69, 9.17) is 9.84 Å². The lowest BCUT2D eigenvalue weighted by molar-refractivity contribution is -0.152. The zero-order valence-corrected chi connectivity index (χ0v) is 20.5. The van der Waals surface area contributed by atoms with E-state index >= 15 is 0 Å². The third-order valence-electron chi connectivity index (χ3n) is 7.48. The highest BCUT2D eigenvalue weighted by Crippen LogP contribution is 2.65. The molecule has 2 fully saturated rings. The molecule has 0 radical (unpaired) electrons. The largest absolute Gasteiger partial charge is 0.461 e. The highest BCUT2D eigenvalue weighted by molar-refractivity contribution is 8.02. The zero-order chi connectivity index (χ0) is 23.6. The lowest BCUT2D eigenvalue weighted by atomic mass is 9.75. The van der Waals surface area contributed by atoms with Crippen LogP contribution in [0.4, 0.5) is 0 Å². The number of carbonyl (C=O) groups is 3. The first kappa shape index (κ1) is 24.3. The molecule has 4 rings (SSSR count). The summed E-state index contributed by atoms with van der Waals surface area (Å²) in [6, 6.07) is -0.613. The van der Waals surface area contributed by atoms with Crippen LogP contribution in [-0.2, 0) is 19.1 Å². The van der Waals surface area contributed by atoms with Crippen LogP contribution in [0.15, 0.2) is 24.3 Å². The predicted molar refractivity (Wildman–Crippen MR) is 127 cm³/mol. The third kappa shape index (κ3) is 4.14. The maximum absolute atomic E-state index is 13.9. The summed E-state index contributed by atoms with van der Waals surface area (Å²) in [5, 5.41) is 9.06. The van der Waals surface area contributed by atoms with Gasteiger partial charge >= 0.3 is 5.97 Å². The van der Waals surface area contributed by atoms with Crippen LogP contribution in [0, 0.1) is 11.8 Å². The highest BCUT2D eigenvalue weighted by Gasteiger charge is 2.73. The number of carbonyl (C=O) groups excluding carboxylic acids is 3. The molecule has 4 heterocycles. The smallest absolute Gasteiger partial charge is 0.311 e. The Balaban J connectivity index is 1.71. The fourth-order valence-electron chi connectivity index (χ4n) is 5.94. The summed E-state index contributed by atoms with van der Waals surface area (Å²) in [5.41, 5.74) is 0. The van der Waals surface area contributed by atoms with Gasteiger partial charge in [-0.15, -0.1) is 11.8 Å². The van der Waals surface area contributed by atoms with Gasteiger partial charge in [0.25, 0.3) is 0 Å². The lowest BCUT2D eigenvalue weighted by Gasteiger charge is -2.36. The molecule has 0 aliphatic carbocycles. The number of likely N-dealkylation sites (tertiary alicyclic amines) is 1. The fourth-order valence-corrected chi connectivity index (χ4v) is 8.09. The van der Waals surface area contributed by atoms with Gasteiger partial charge in [0.1, 0.15) is 12.6 Å². The van der Waals surface area contributed by atoms with Crippen LogP contribution in [0.25, 0.3) is 0 Å². The first-order valence-electron chi connectivity index (χ1n) is 12.3. The van der Waals surface area contributed by atoms with Gasteiger partial charge in [-0.2, -0.15) is 0 Å². The van der Waals surface area contributed by atoms with Crippen molar-refractivity contribution in [3.8, 4) is 0 Å². The van der Waals surface area contributed by atoms with E-state index in [1.54, 1.807) is 16.7 Å². The van der Waals surface area contributed by atoms with Crippen molar-refractivity contribution in [2.24, 2.45) is 11.8 Å². The second-order valence-electron chi connectivity index (χ2n) is 9.74. The molecule has 1 spiro atoms. The minimum Gasteiger partial charge on any atom is -0.461 e. The number of thioether (sulfide) groups is 1. The van der Waals surface area contributed by atoms with E-state index in [2.05, 4.69) is 13.0 Å². The van der Waals surface area contributed by atoms with Crippen LogP contribution >= 0.6 is 11.8 Å². The normalized spacial score (nSPS) is 35.2. The molecule has 4 aliphatic heterocycles. The van der Waals surface area contributed by atoms with Gasteiger partial charge in [0.05, 0.1) is 16.6 Å². The molecule has 0 aromatic rings. The lowest BCUT2D eigenvalue weighted by Crippen LogP contribution is -2.53. The fraction of sp³-hybridized carbons (Fsp3) is 0.720. The Kier molecular flexibility index (Phi) is 7.24. The molecular weight excluding hydrogens is 440 g/mol. The number of aliphatic hydroxyl groups excluding tert-OH is 1. The molecule has 1 N–H and O–H groups in total. The van der Waals surface area contributed by atoms with Gasteiger partial charge < -0.3 is 19.6 Å². The number of unbranched alkanes of at least 4 members (excludes halogenated alkanes) is 4. The molecule has 5 atom stereocenters. The van der Waals surface area contributed by atoms with Gasteiger partial charge in [-0.25, -0.2) is 0 Å². The Bertz CT molecular complexity index is 845. The van der Waals surface area contributed by atoms with Gasteiger partial charge in [0.2, 0.25) is 11.8 Å². The molecule has 0 bridgehead atoms. The van der Waals surface area contributed by atoms with Crippen LogP contribution in [0.1, 0.15) is 52.4 Å². The molecule has 182 valence electrons. The summed E-state index contributed by atoms with van der Waals surface area (Å²) in [6.45, 7) is 6.18. The van der Waals surface area contributed by atoms with Crippen LogP contribution in [0.5, 0.6) is 0 Å². The number of aliphatic hydroxyl groups is 1. The standard InChI is InChI=1S/C25H36N2O5S/c1-3-4-13-26-14-9-12-25-18(19-23(31)32-17-10-11-24(19,2)33-25)21(29)27(20(25)22(26)30)15-7-5-6-8-16-28/h9-12,18-20,28H,3-8,13-17H2,1-2H3/t18-,19+,20?,24-,25-/m0/s1. The summed E-state index contributed by atoms with van der Waals surface area (Å²) in [6.07, 6.45) is 13.1. The molecule has 4 aliphatic rings. The Morgan fingerprint density at radius 1 is 1.03 bits per heavy atom. The van der Waals surface area contributed by atoms with Gasteiger partial charge in [-0.05, 0) is 32.3 Å². The first-order chi connectivity index (χ1) is 15.9. The number of hydrogen-bond acceptors (Lipinski definition) is 6. The number of rotatable bonds is 9. The number of ether oxygens (including phenoxy) is 1. The number of fused-ring (bicyclic) bond motifs is 2. The summed E-state index contributed by atoms with van der Waals surface area (Å²) in [7, 11) is 0. The van der Waals surface area contributed by atoms with Crippen molar-refractivity contribution in [1.82, 2.24) is 9.80 Å². The summed E-state index contributed by atoms with van der Waals surface area (Å²) >= 11 is 1.60. The van der Waals surface area contributed by atoms with Crippen LogP contribution in [0.3, 0.4) is 0 Å². The molecule has 7 nitrogen and oxygen atoms in total. The molecule has 1 unspecified atom stereocenters. The van der Waals surface area contributed by atoms with Gasteiger partial charge in [-0.1, -0.05) is 44.4 Å². The average molecular weight is 477 g/mol. The van der Waals surface area contributed by atoms with Crippen molar-refractivity contribution in [1.29, 1.82) is 0 Å². The van der Waals surface area contributed by atoms with Gasteiger partial charge in [0.15, 0.2) is 0 Å². The topological polar surface area (TPSA) is 87.2 Å². The number of cyclic esters (lactones) is 1. The summed E-state index contributed by atoms with van der Waals surface area (Å²) < 4.78 is 4.08. The first-order valence-corrected chi connectivity index (χ1v) is 13.1. The van der Waals surface area contributed by atoms with E-state index in [-0.39, 0.29) is 31.0 Å². The SMILES string of the molecule is CCCCN1CC=C[C@]23S[C@@]4(C)C=CCOC(=O)[C@H]4[C@H]2C(=O)N(CCCCCCO)C3C1=O. The Morgan fingerprint density at radius 2 is 1.82 bits per heavy atom. The Morgan fingerprint density at radius 3 is 2.58 bits per heavy atom. The van der Waals surface area contributed by atoms with E-state index in [1.165, 1.54) is 0 Å². The van der Waals surface area contributed by atoms with Crippen molar-refractivity contribution >= 4 is 29.5 Å². The van der Waals surface area contributed by atoms with E-state index in [0.717, 1.165) is 38.5 Å². The van der Waals surface area contributed by atoms with Crippen molar-refractivity contribution in [2.75, 3.05) is 32.8 Å². The van der Waals surface area contributed by atoms with Gasteiger partial charge in [0, 0.05) is 31.0 Å². The second kappa shape index (κ2) is 9.82. The van der Waals surface area contributed by atoms with Crippen molar-refractivity contribution in [3.63, 3.8) is 0 Å². The molecule has 2 saturated heterocycles. The molecule has 0 saturated carbocycles. The van der Waals surface area contributed by atoms with Crippen molar-refractivity contribution in [3.05, 3.63) is 24.3 Å². The summed E-state index contributed by atoms with van der Waals surface area (Å²) in [5.74, 6) is -1.69. The van der Waals surface area contributed by atoms with Crippen LogP contribution in [-0.4, -0.2) is 81.1 Å². The van der Waals surface area contributed by atoms with Crippen molar-refractivity contribution in [2.45, 2.75) is 67.9 Å². The molecule has 8 heteroatoms. The van der Waals surface area contributed by atoms with Crippen molar-refractivity contribution < 1.29 is 24.2 Å². The van der Waals surface area contributed by atoms with E-state index in [0.29, 0.717) is 19.6 Å². The number of hydrogen-bond donors (Lipinski definition) is 1. The van der Waals surface area contributed by atoms with E-state index < -0.39 is 27.4 Å². The van der Waals surface area contributed by atoms with E-state index in [1.807, 2.05) is 30.1 Å². The second-order valence-corrected chi connectivity index (χ2v) is 11.5. The minimum absolute atomic E-state index is 0.00966. The average Bonchev–Trinajstić information content (AvgIpc) is 3.04. The van der Waals surface area contributed by atoms with Crippen LogP contribution in [0.2, 0.25) is 0 Å². The Hall–Kier alpha value is -1.80. The zero-order valence-electron chi connectivity index (χ0n) is 19.7.